The Kier molecular flexibility index (Phi) is 3.28. The number of anilines is 1. The molecule has 2 aromatic rings. The van der Waals surface area contributed by atoms with Crippen LogP contribution in [0.4, 0.5) is 5.82 Å². The van der Waals surface area contributed by atoms with Crippen LogP contribution in [0.1, 0.15) is 16.9 Å². The topological polar surface area (TPSA) is 62.7 Å². The van der Waals surface area contributed by atoms with Crippen molar-refractivity contribution in [2.75, 3.05) is 25.1 Å². The molecule has 5 heteroatoms. The van der Waals surface area contributed by atoms with Crippen molar-refractivity contribution in [1.29, 1.82) is 0 Å². The SMILES string of the molecule is COC1CCN(c2nc(C(=O)O)cc3ccccc23)C1. The summed E-state index contributed by atoms with van der Waals surface area (Å²) in [5.41, 5.74) is 0.0829. The van der Waals surface area contributed by atoms with Crippen LogP contribution in [0.25, 0.3) is 10.8 Å². The van der Waals surface area contributed by atoms with E-state index in [1.807, 2.05) is 24.3 Å². The Labute approximate surface area is 116 Å². The molecule has 20 heavy (non-hydrogen) atoms. The quantitative estimate of drug-likeness (QED) is 0.927. The van der Waals surface area contributed by atoms with Crippen molar-refractivity contribution >= 4 is 22.6 Å². The highest BCUT2D eigenvalue weighted by Gasteiger charge is 2.25. The predicted molar refractivity (Wildman–Crippen MR) is 76.3 cm³/mol. The summed E-state index contributed by atoms with van der Waals surface area (Å²) in [6, 6.07) is 9.35. The molecule has 0 saturated carbocycles. The summed E-state index contributed by atoms with van der Waals surface area (Å²) in [7, 11) is 1.70. The van der Waals surface area contributed by atoms with Crippen LogP contribution in [0.15, 0.2) is 30.3 Å². The molecule has 1 aromatic carbocycles. The summed E-state index contributed by atoms with van der Waals surface area (Å²) in [6.07, 6.45) is 1.12. The smallest absolute Gasteiger partial charge is 0.354 e. The number of aromatic carboxylic acids is 1. The molecule has 0 amide bonds. The number of hydrogen-bond acceptors (Lipinski definition) is 4. The minimum atomic E-state index is -1.00. The fourth-order valence-corrected chi connectivity index (χ4v) is 2.64. The molecule has 1 atom stereocenters. The number of nitrogens with zero attached hydrogens (tertiary/aromatic N) is 2. The monoisotopic (exact) mass is 272 g/mol. The van der Waals surface area contributed by atoms with E-state index in [0.717, 1.165) is 36.1 Å². The molecular weight excluding hydrogens is 256 g/mol. The molecule has 0 aliphatic carbocycles. The molecule has 1 saturated heterocycles. The molecule has 1 aliphatic heterocycles. The first-order valence-electron chi connectivity index (χ1n) is 6.60. The number of rotatable bonds is 3. The third-order valence-corrected chi connectivity index (χ3v) is 3.72. The van der Waals surface area contributed by atoms with Crippen molar-refractivity contribution in [3.63, 3.8) is 0 Å². The minimum absolute atomic E-state index is 0.0829. The van der Waals surface area contributed by atoms with Crippen LogP contribution in [0.5, 0.6) is 0 Å². The Hall–Kier alpha value is -2.14. The van der Waals surface area contributed by atoms with Gasteiger partial charge >= 0.3 is 5.97 Å². The molecule has 5 nitrogen and oxygen atoms in total. The lowest BCUT2D eigenvalue weighted by atomic mass is 10.1. The highest BCUT2D eigenvalue weighted by Crippen LogP contribution is 2.28. The molecule has 1 aliphatic rings. The van der Waals surface area contributed by atoms with Crippen LogP contribution in [0, 0.1) is 0 Å². The van der Waals surface area contributed by atoms with Crippen LogP contribution < -0.4 is 4.90 Å². The average Bonchev–Trinajstić information content (AvgIpc) is 2.94. The van der Waals surface area contributed by atoms with Crippen LogP contribution in [0.3, 0.4) is 0 Å². The number of benzene rings is 1. The summed E-state index contributed by atoms with van der Waals surface area (Å²) in [5.74, 6) is -0.264. The predicted octanol–water partition coefficient (Wildman–Crippen LogP) is 2.16. The molecule has 1 fully saturated rings. The second-order valence-corrected chi connectivity index (χ2v) is 4.95. The number of aromatic nitrogens is 1. The summed E-state index contributed by atoms with van der Waals surface area (Å²) in [6.45, 7) is 1.58. The number of pyridine rings is 1. The molecule has 0 spiro atoms. The second-order valence-electron chi connectivity index (χ2n) is 4.95. The van der Waals surface area contributed by atoms with E-state index in [1.165, 1.54) is 0 Å². The van der Waals surface area contributed by atoms with Gasteiger partial charge in [0.15, 0.2) is 5.69 Å². The van der Waals surface area contributed by atoms with E-state index in [-0.39, 0.29) is 11.8 Å². The van der Waals surface area contributed by atoms with Gasteiger partial charge in [0, 0.05) is 25.6 Å². The van der Waals surface area contributed by atoms with Gasteiger partial charge in [-0.2, -0.15) is 0 Å². The lowest BCUT2D eigenvalue weighted by Crippen LogP contribution is -2.24. The van der Waals surface area contributed by atoms with Crippen molar-refractivity contribution < 1.29 is 14.6 Å². The standard InChI is InChI=1S/C15H16N2O3/c1-20-11-6-7-17(9-11)14-12-5-3-2-4-10(12)8-13(16-14)15(18)19/h2-5,8,11H,6-7,9H2,1H3,(H,18,19). The van der Waals surface area contributed by atoms with Gasteiger partial charge < -0.3 is 14.7 Å². The van der Waals surface area contributed by atoms with Gasteiger partial charge in [0.1, 0.15) is 5.82 Å². The van der Waals surface area contributed by atoms with Gasteiger partial charge in [-0.25, -0.2) is 9.78 Å². The van der Waals surface area contributed by atoms with Crippen molar-refractivity contribution in [3.8, 4) is 0 Å². The fraction of sp³-hybridized carbons (Fsp3) is 0.333. The van der Waals surface area contributed by atoms with E-state index in [4.69, 9.17) is 4.74 Å². The Morgan fingerprint density at radius 1 is 1.45 bits per heavy atom. The molecule has 0 bridgehead atoms. The average molecular weight is 272 g/mol. The van der Waals surface area contributed by atoms with Crippen LogP contribution >= 0.6 is 0 Å². The number of ether oxygens (including phenoxy) is 1. The first-order chi connectivity index (χ1) is 9.69. The van der Waals surface area contributed by atoms with Crippen LogP contribution in [0.2, 0.25) is 0 Å². The lowest BCUT2D eigenvalue weighted by Gasteiger charge is -2.19. The van der Waals surface area contributed by atoms with E-state index in [1.54, 1.807) is 13.2 Å². The molecule has 1 unspecified atom stereocenters. The largest absolute Gasteiger partial charge is 0.477 e. The maximum Gasteiger partial charge on any atom is 0.354 e. The summed E-state index contributed by atoms with van der Waals surface area (Å²) < 4.78 is 5.37. The van der Waals surface area contributed by atoms with Gasteiger partial charge in [0.05, 0.1) is 6.10 Å². The van der Waals surface area contributed by atoms with Crippen molar-refractivity contribution in [3.05, 3.63) is 36.0 Å². The number of carbonyl (C=O) groups is 1. The van der Waals surface area contributed by atoms with Gasteiger partial charge in [0.25, 0.3) is 0 Å². The fourth-order valence-electron chi connectivity index (χ4n) is 2.64. The Morgan fingerprint density at radius 2 is 2.25 bits per heavy atom. The molecular formula is C15H16N2O3. The minimum Gasteiger partial charge on any atom is -0.477 e. The zero-order valence-corrected chi connectivity index (χ0v) is 11.2. The number of carboxylic acids is 1. The van der Waals surface area contributed by atoms with E-state index < -0.39 is 5.97 Å². The third kappa shape index (κ3) is 2.20. The van der Waals surface area contributed by atoms with Gasteiger partial charge in [-0.05, 0) is 17.9 Å². The Bertz CT molecular complexity index is 657. The van der Waals surface area contributed by atoms with Crippen LogP contribution in [-0.2, 0) is 4.74 Å². The highest BCUT2D eigenvalue weighted by molar-refractivity contribution is 5.98. The van der Waals surface area contributed by atoms with Gasteiger partial charge in [-0.3, -0.25) is 0 Å². The maximum atomic E-state index is 11.2. The maximum absolute atomic E-state index is 11.2. The number of methoxy groups -OCH3 is 1. The molecule has 104 valence electrons. The third-order valence-electron chi connectivity index (χ3n) is 3.72. The normalized spacial score (nSPS) is 18.6. The molecule has 1 aromatic heterocycles. The van der Waals surface area contributed by atoms with Gasteiger partial charge in [0.2, 0.25) is 0 Å². The lowest BCUT2D eigenvalue weighted by molar-refractivity contribution is 0.0691. The van der Waals surface area contributed by atoms with Crippen molar-refractivity contribution in [1.82, 2.24) is 4.98 Å². The zero-order valence-electron chi connectivity index (χ0n) is 11.2. The van der Waals surface area contributed by atoms with Crippen LogP contribution in [-0.4, -0.2) is 42.4 Å². The van der Waals surface area contributed by atoms with E-state index in [0.29, 0.717) is 0 Å². The molecule has 3 rings (SSSR count). The zero-order chi connectivity index (χ0) is 14.1. The molecule has 0 radical (unpaired) electrons. The second kappa shape index (κ2) is 5.09. The molecule has 2 heterocycles. The van der Waals surface area contributed by atoms with E-state index in [9.17, 15) is 9.90 Å². The van der Waals surface area contributed by atoms with Gasteiger partial charge in [-0.1, -0.05) is 24.3 Å². The van der Waals surface area contributed by atoms with Crippen molar-refractivity contribution in [2.24, 2.45) is 0 Å². The number of fused-ring (bicyclic) bond motifs is 1. The number of carboxylic acid groups (broad SMARTS) is 1. The van der Waals surface area contributed by atoms with E-state index in [2.05, 4.69) is 9.88 Å². The Morgan fingerprint density at radius 3 is 2.95 bits per heavy atom. The first-order valence-corrected chi connectivity index (χ1v) is 6.60. The summed E-state index contributed by atoms with van der Waals surface area (Å²) in [4.78, 5) is 17.6. The summed E-state index contributed by atoms with van der Waals surface area (Å²) in [5, 5.41) is 11.1. The molecule has 1 N–H and O–H groups in total. The van der Waals surface area contributed by atoms with E-state index >= 15 is 0 Å². The highest BCUT2D eigenvalue weighted by atomic mass is 16.5. The number of hydrogen-bond donors (Lipinski definition) is 1. The summed E-state index contributed by atoms with van der Waals surface area (Å²) >= 11 is 0. The van der Waals surface area contributed by atoms with Gasteiger partial charge in [-0.15, -0.1) is 0 Å². The van der Waals surface area contributed by atoms with Crippen molar-refractivity contribution in [2.45, 2.75) is 12.5 Å². The first kappa shape index (κ1) is 12.9. The Balaban J connectivity index is 2.10.